The number of rotatable bonds is 6. The van der Waals surface area contributed by atoms with E-state index >= 15 is 0 Å². The highest BCUT2D eigenvalue weighted by Crippen LogP contribution is 2.19. The molecule has 25 heavy (non-hydrogen) atoms. The van der Waals surface area contributed by atoms with Crippen LogP contribution in [0.2, 0.25) is 0 Å². The van der Waals surface area contributed by atoms with Gasteiger partial charge in [-0.25, -0.2) is 4.79 Å². The lowest BCUT2D eigenvalue weighted by molar-refractivity contribution is 0.216. The number of nitrogens with zero attached hydrogens (tertiary/aromatic N) is 1. The Bertz CT molecular complexity index is 833. The van der Waals surface area contributed by atoms with Crippen LogP contribution in [0.15, 0.2) is 72.8 Å². The molecule has 4 heteroatoms. The summed E-state index contributed by atoms with van der Waals surface area (Å²) >= 11 is 0. The fourth-order valence-corrected chi connectivity index (χ4v) is 2.60. The number of ether oxygens (including phenoxy) is 1. The third kappa shape index (κ3) is 4.73. The van der Waals surface area contributed by atoms with Gasteiger partial charge in [0.15, 0.2) is 0 Å². The average Bonchev–Trinajstić information content (AvgIpc) is 2.65. The van der Waals surface area contributed by atoms with Crippen molar-refractivity contribution in [1.82, 2.24) is 4.90 Å². The lowest BCUT2D eigenvalue weighted by Gasteiger charge is -2.18. The summed E-state index contributed by atoms with van der Waals surface area (Å²) in [5.74, 6) is 0.853. The average molecular weight is 334 g/mol. The van der Waals surface area contributed by atoms with Crippen LogP contribution in [0.25, 0.3) is 10.8 Å². The molecule has 0 fully saturated rings. The van der Waals surface area contributed by atoms with Gasteiger partial charge in [-0.15, -0.1) is 0 Å². The molecule has 3 aromatic carbocycles. The van der Waals surface area contributed by atoms with Crippen LogP contribution >= 0.6 is 0 Å². The standard InChI is InChI=1S/C21H22N2O2/c1-23(14-7-15-25-20-10-3-2-4-11-20)21(24)22-19-13-12-17-8-5-6-9-18(17)16-19/h2-6,8-13,16H,7,14-15H2,1H3,(H,22,24). The molecular formula is C21H22N2O2. The third-order valence-electron chi connectivity index (χ3n) is 4.00. The minimum atomic E-state index is -0.116. The van der Waals surface area contributed by atoms with Crippen molar-refractivity contribution in [2.45, 2.75) is 6.42 Å². The molecule has 0 atom stereocenters. The topological polar surface area (TPSA) is 41.6 Å². The molecule has 0 spiro atoms. The van der Waals surface area contributed by atoms with Gasteiger partial charge in [0, 0.05) is 19.3 Å². The zero-order valence-corrected chi connectivity index (χ0v) is 14.3. The van der Waals surface area contributed by atoms with Crippen molar-refractivity contribution in [2.24, 2.45) is 0 Å². The van der Waals surface area contributed by atoms with Gasteiger partial charge in [-0.3, -0.25) is 0 Å². The van der Waals surface area contributed by atoms with Crippen LogP contribution in [0.5, 0.6) is 5.75 Å². The quantitative estimate of drug-likeness (QED) is 0.660. The van der Waals surface area contributed by atoms with Gasteiger partial charge in [-0.2, -0.15) is 0 Å². The van der Waals surface area contributed by atoms with Gasteiger partial charge in [-0.05, 0) is 41.5 Å². The molecule has 0 aliphatic rings. The Kier molecular flexibility index (Phi) is 5.52. The highest BCUT2D eigenvalue weighted by atomic mass is 16.5. The molecular weight excluding hydrogens is 312 g/mol. The minimum absolute atomic E-state index is 0.116. The van der Waals surface area contributed by atoms with E-state index in [2.05, 4.69) is 11.4 Å². The summed E-state index contributed by atoms with van der Waals surface area (Å²) in [6, 6.07) is 23.6. The largest absolute Gasteiger partial charge is 0.494 e. The Hall–Kier alpha value is -3.01. The van der Waals surface area contributed by atoms with Crippen molar-refractivity contribution in [2.75, 3.05) is 25.5 Å². The van der Waals surface area contributed by atoms with E-state index in [9.17, 15) is 4.79 Å². The van der Waals surface area contributed by atoms with Crippen LogP contribution in [0.4, 0.5) is 10.5 Å². The molecule has 0 aliphatic carbocycles. The normalized spacial score (nSPS) is 10.4. The van der Waals surface area contributed by atoms with Gasteiger partial charge in [0.2, 0.25) is 0 Å². The number of fused-ring (bicyclic) bond motifs is 1. The first kappa shape index (κ1) is 16.8. The maximum atomic E-state index is 12.3. The second-order valence-electron chi connectivity index (χ2n) is 5.93. The van der Waals surface area contributed by atoms with Crippen molar-refractivity contribution < 1.29 is 9.53 Å². The first-order chi connectivity index (χ1) is 12.2. The number of benzene rings is 3. The summed E-state index contributed by atoms with van der Waals surface area (Å²) in [7, 11) is 1.79. The Morgan fingerprint density at radius 1 is 0.960 bits per heavy atom. The molecule has 0 unspecified atom stereocenters. The monoisotopic (exact) mass is 334 g/mol. The summed E-state index contributed by atoms with van der Waals surface area (Å²) in [6.07, 6.45) is 0.774. The highest BCUT2D eigenvalue weighted by molar-refractivity contribution is 5.93. The zero-order chi connectivity index (χ0) is 17.5. The first-order valence-electron chi connectivity index (χ1n) is 8.41. The molecule has 0 bridgehead atoms. The highest BCUT2D eigenvalue weighted by Gasteiger charge is 2.08. The molecule has 128 valence electrons. The van der Waals surface area contributed by atoms with Crippen LogP contribution < -0.4 is 10.1 Å². The number of carbonyl (C=O) groups is 1. The molecule has 0 heterocycles. The van der Waals surface area contributed by atoms with Crippen molar-refractivity contribution in [3.05, 3.63) is 72.8 Å². The Labute approximate surface area is 148 Å². The van der Waals surface area contributed by atoms with Gasteiger partial charge in [-0.1, -0.05) is 48.5 Å². The van der Waals surface area contributed by atoms with Crippen molar-refractivity contribution in [3.8, 4) is 5.75 Å². The maximum absolute atomic E-state index is 12.3. The number of para-hydroxylation sites is 1. The first-order valence-corrected chi connectivity index (χ1v) is 8.41. The van der Waals surface area contributed by atoms with E-state index < -0.39 is 0 Å². The van der Waals surface area contributed by atoms with Gasteiger partial charge >= 0.3 is 6.03 Å². The number of hydrogen-bond acceptors (Lipinski definition) is 2. The van der Waals surface area contributed by atoms with Crippen LogP contribution in [-0.4, -0.2) is 31.1 Å². The fraction of sp³-hybridized carbons (Fsp3) is 0.190. The molecule has 3 aromatic rings. The van der Waals surface area contributed by atoms with Crippen LogP contribution in [0.1, 0.15) is 6.42 Å². The van der Waals surface area contributed by atoms with E-state index in [-0.39, 0.29) is 6.03 Å². The van der Waals surface area contributed by atoms with Gasteiger partial charge in [0.05, 0.1) is 6.61 Å². The summed E-state index contributed by atoms with van der Waals surface area (Å²) in [5.41, 5.74) is 0.802. The number of anilines is 1. The Morgan fingerprint density at radius 2 is 1.68 bits per heavy atom. The van der Waals surface area contributed by atoms with E-state index in [0.29, 0.717) is 13.2 Å². The molecule has 1 N–H and O–H groups in total. The molecule has 3 rings (SSSR count). The maximum Gasteiger partial charge on any atom is 0.321 e. The van der Waals surface area contributed by atoms with Crippen molar-refractivity contribution in [1.29, 1.82) is 0 Å². The van der Waals surface area contributed by atoms with E-state index in [4.69, 9.17) is 4.74 Å². The SMILES string of the molecule is CN(CCCOc1ccccc1)C(=O)Nc1ccc2ccccc2c1. The van der Waals surface area contributed by atoms with E-state index in [0.717, 1.165) is 28.6 Å². The van der Waals surface area contributed by atoms with Crippen LogP contribution in [0, 0.1) is 0 Å². The smallest absolute Gasteiger partial charge is 0.321 e. The number of nitrogens with one attached hydrogen (secondary N) is 1. The number of carbonyl (C=O) groups excluding carboxylic acids is 1. The van der Waals surface area contributed by atoms with Crippen LogP contribution in [0.3, 0.4) is 0 Å². The predicted octanol–water partition coefficient (Wildman–Crippen LogP) is 4.77. The predicted molar refractivity (Wildman–Crippen MR) is 102 cm³/mol. The number of amides is 2. The molecule has 4 nitrogen and oxygen atoms in total. The summed E-state index contributed by atoms with van der Waals surface area (Å²) in [4.78, 5) is 14.0. The number of urea groups is 1. The number of hydrogen-bond donors (Lipinski definition) is 1. The van der Waals surface area contributed by atoms with E-state index in [1.165, 1.54) is 0 Å². The second-order valence-corrected chi connectivity index (χ2v) is 5.93. The lowest BCUT2D eigenvalue weighted by Crippen LogP contribution is -2.32. The van der Waals surface area contributed by atoms with Gasteiger partial charge in [0.25, 0.3) is 0 Å². The van der Waals surface area contributed by atoms with Gasteiger partial charge in [0.1, 0.15) is 5.75 Å². The summed E-state index contributed by atoms with van der Waals surface area (Å²) < 4.78 is 5.64. The van der Waals surface area contributed by atoms with Gasteiger partial charge < -0.3 is 15.0 Å². The molecule has 0 aromatic heterocycles. The molecule has 0 saturated heterocycles. The fourth-order valence-electron chi connectivity index (χ4n) is 2.60. The molecule has 0 aliphatic heterocycles. The summed E-state index contributed by atoms with van der Waals surface area (Å²) in [6.45, 7) is 1.21. The van der Waals surface area contributed by atoms with E-state index in [1.54, 1.807) is 11.9 Å². The minimum Gasteiger partial charge on any atom is -0.494 e. The molecule has 2 amide bonds. The van der Waals surface area contributed by atoms with Crippen molar-refractivity contribution >= 4 is 22.5 Å². The Balaban J connectivity index is 1.46. The van der Waals surface area contributed by atoms with E-state index in [1.807, 2.05) is 66.7 Å². The Morgan fingerprint density at radius 3 is 2.48 bits per heavy atom. The van der Waals surface area contributed by atoms with Crippen LogP contribution in [-0.2, 0) is 0 Å². The summed E-state index contributed by atoms with van der Waals surface area (Å²) in [5, 5.41) is 5.21. The molecule has 0 radical (unpaired) electrons. The second kappa shape index (κ2) is 8.20. The third-order valence-corrected chi connectivity index (χ3v) is 4.00. The lowest BCUT2D eigenvalue weighted by atomic mass is 10.1. The van der Waals surface area contributed by atoms with Crippen molar-refractivity contribution in [3.63, 3.8) is 0 Å². The zero-order valence-electron chi connectivity index (χ0n) is 14.3. The molecule has 0 saturated carbocycles.